The quantitative estimate of drug-likeness (QED) is 0.846. The average Bonchev–Trinajstić information content (AvgIpc) is 3.24. The summed E-state index contributed by atoms with van der Waals surface area (Å²) in [6, 6.07) is 10.7. The van der Waals surface area contributed by atoms with E-state index in [1.807, 2.05) is 4.90 Å². The summed E-state index contributed by atoms with van der Waals surface area (Å²) in [5.41, 5.74) is 2.70. The van der Waals surface area contributed by atoms with Crippen LogP contribution in [0.2, 0.25) is 0 Å². The van der Waals surface area contributed by atoms with Crippen LogP contribution in [0.1, 0.15) is 46.6 Å². The third kappa shape index (κ3) is 4.13. The van der Waals surface area contributed by atoms with Gasteiger partial charge in [0.15, 0.2) is 0 Å². The lowest BCUT2D eigenvalue weighted by molar-refractivity contribution is 0.0771. The van der Waals surface area contributed by atoms with Gasteiger partial charge >= 0.3 is 5.69 Å². The fraction of sp³-hybridized carbons (Fsp3) is 0.522. The van der Waals surface area contributed by atoms with Crippen molar-refractivity contribution in [2.75, 3.05) is 32.7 Å². The van der Waals surface area contributed by atoms with Gasteiger partial charge in [0.25, 0.3) is 5.91 Å². The molecule has 2 unspecified atom stereocenters. The maximum atomic E-state index is 13.0. The van der Waals surface area contributed by atoms with Crippen molar-refractivity contribution >= 4 is 5.91 Å². The first kappa shape index (κ1) is 19.8. The predicted octanol–water partition coefficient (Wildman–Crippen LogP) is 2.58. The first-order chi connectivity index (χ1) is 13.9. The highest BCUT2D eigenvalue weighted by atomic mass is 16.2. The number of likely N-dealkylation sites (tertiary alicyclic amines) is 2. The van der Waals surface area contributed by atoms with E-state index in [-0.39, 0.29) is 5.91 Å². The van der Waals surface area contributed by atoms with Crippen LogP contribution in [0.5, 0.6) is 0 Å². The molecule has 1 N–H and O–H groups in total. The summed E-state index contributed by atoms with van der Waals surface area (Å²) in [6.07, 6.45) is 1.16. The maximum absolute atomic E-state index is 13.0. The highest BCUT2D eigenvalue weighted by Gasteiger charge is 2.42. The van der Waals surface area contributed by atoms with E-state index in [1.54, 1.807) is 13.8 Å². The fourth-order valence-corrected chi connectivity index (χ4v) is 4.97. The number of nitrogens with zero attached hydrogens (tertiary/aromatic N) is 3. The Morgan fingerprint density at radius 2 is 1.79 bits per heavy atom. The second-order valence-corrected chi connectivity index (χ2v) is 8.72. The molecule has 2 fully saturated rings. The minimum Gasteiger partial charge on any atom is -0.338 e. The number of hydrogen-bond donors (Lipinski definition) is 1. The van der Waals surface area contributed by atoms with Crippen molar-refractivity contribution in [1.29, 1.82) is 0 Å². The van der Waals surface area contributed by atoms with Crippen molar-refractivity contribution in [1.82, 2.24) is 19.8 Å². The number of aromatic amines is 1. The fourth-order valence-electron chi connectivity index (χ4n) is 4.97. The third-order valence-electron chi connectivity index (χ3n) is 6.61. The molecular formula is C23H30N4O2. The molecule has 3 atom stereocenters. The van der Waals surface area contributed by atoms with Gasteiger partial charge in [0.05, 0.1) is 11.3 Å². The molecule has 4 rings (SSSR count). The first-order valence-electron chi connectivity index (χ1n) is 10.6. The molecule has 0 saturated carbocycles. The number of benzene rings is 1. The predicted molar refractivity (Wildman–Crippen MR) is 113 cm³/mol. The summed E-state index contributed by atoms with van der Waals surface area (Å²) in [5, 5.41) is 0. The molecule has 154 valence electrons. The molecule has 0 spiro atoms. The minimum absolute atomic E-state index is 0.00222. The Morgan fingerprint density at radius 3 is 2.41 bits per heavy atom. The molecule has 6 heteroatoms. The molecular weight excluding hydrogens is 364 g/mol. The van der Waals surface area contributed by atoms with Crippen molar-refractivity contribution < 1.29 is 4.79 Å². The number of carbonyl (C=O) groups is 1. The van der Waals surface area contributed by atoms with Gasteiger partial charge in [0, 0.05) is 31.9 Å². The molecule has 1 amide bonds. The van der Waals surface area contributed by atoms with Gasteiger partial charge < -0.3 is 14.8 Å². The number of aryl methyl sites for hydroxylation is 2. The molecule has 2 aromatic rings. The Hall–Kier alpha value is -2.47. The number of rotatable bonds is 5. The largest absolute Gasteiger partial charge is 0.345 e. The van der Waals surface area contributed by atoms with Gasteiger partial charge in [-0.25, -0.2) is 4.79 Å². The molecule has 0 bridgehead atoms. The second kappa shape index (κ2) is 8.11. The molecule has 2 aliphatic heterocycles. The van der Waals surface area contributed by atoms with E-state index >= 15 is 0 Å². The number of carbonyl (C=O) groups excluding carboxylic acids is 1. The lowest BCUT2D eigenvalue weighted by Gasteiger charge is -2.23. The number of H-pyrrole nitrogens is 1. The Bertz CT molecular complexity index is 899. The molecule has 3 heterocycles. The van der Waals surface area contributed by atoms with E-state index in [4.69, 9.17) is 0 Å². The number of amides is 1. The summed E-state index contributed by atoms with van der Waals surface area (Å²) in [4.78, 5) is 35.6. The summed E-state index contributed by atoms with van der Waals surface area (Å²) >= 11 is 0. The number of hydrogen-bond acceptors (Lipinski definition) is 4. The summed E-state index contributed by atoms with van der Waals surface area (Å²) < 4.78 is 0. The second-order valence-electron chi connectivity index (χ2n) is 8.72. The maximum Gasteiger partial charge on any atom is 0.345 e. The molecule has 2 saturated heterocycles. The van der Waals surface area contributed by atoms with E-state index in [9.17, 15) is 9.59 Å². The Balaban J connectivity index is 1.32. The molecule has 2 aliphatic rings. The van der Waals surface area contributed by atoms with Crippen molar-refractivity contribution in [2.24, 2.45) is 11.8 Å². The van der Waals surface area contributed by atoms with E-state index in [0.29, 0.717) is 34.7 Å². The van der Waals surface area contributed by atoms with Gasteiger partial charge in [-0.05, 0) is 50.1 Å². The van der Waals surface area contributed by atoms with Crippen molar-refractivity contribution in [3.63, 3.8) is 0 Å². The molecule has 6 nitrogen and oxygen atoms in total. The SMILES string of the molecule is Cc1nc(=O)[nH]c(C)c1C(=O)N1CC2CN(CC[C@H](C)c3ccccc3)CC2C1. The van der Waals surface area contributed by atoms with Crippen molar-refractivity contribution in [3.8, 4) is 0 Å². The zero-order chi connectivity index (χ0) is 20.5. The molecule has 1 aromatic heterocycles. The van der Waals surface area contributed by atoms with Crippen LogP contribution in [-0.4, -0.2) is 58.4 Å². The van der Waals surface area contributed by atoms with Crippen LogP contribution in [-0.2, 0) is 0 Å². The normalized spacial score (nSPS) is 22.7. The van der Waals surface area contributed by atoms with E-state index in [2.05, 4.69) is 52.1 Å². The van der Waals surface area contributed by atoms with E-state index < -0.39 is 5.69 Å². The lowest BCUT2D eigenvalue weighted by atomic mass is 9.98. The van der Waals surface area contributed by atoms with Gasteiger partial charge in [-0.2, -0.15) is 4.98 Å². The molecule has 0 aliphatic carbocycles. The van der Waals surface area contributed by atoms with Crippen LogP contribution in [0, 0.1) is 25.7 Å². The minimum atomic E-state index is -0.393. The molecule has 1 aromatic carbocycles. The van der Waals surface area contributed by atoms with Gasteiger partial charge in [-0.1, -0.05) is 37.3 Å². The zero-order valence-corrected chi connectivity index (χ0v) is 17.5. The van der Waals surface area contributed by atoms with Crippen molar-refractivity contribution in [2.45, 2.75) is 33.1 Å². The Morgan fingerprint density at radius 1 is 1.14 bits per heavy atom. The first-order valence-corrected chi connectivity index (χ1v) is 10.6. The van der Waals surface area contributed by atoms with Crippen LogP contribution in [0.25, 0.3) is 0 Å². The van der Waals surface area contributed by atoms with Crippen LogP contribution < -0.4 is 5.69 Å². The van der Waals surface area contributed by atoms with Gasteiger partial charge in [-0.3, -0.25) is 4.79 Å². The summed E-state index contributed by atoms with van der Waals surface area (Å²) in [6.45, 7) is 10.7. The smallest absolute Gasteiger partial charge is 0.338 e. The highest BCUT2D eigenvalue weighted by Crippen LogP contribution is 2.33. The average molecular weight is 395 g/mol. The van der Waals surface area contributed by atoms with Crippen LogP contribution in [0.3, 0.4) is 0 Å². The van der Waals surface area contributed by atoms with Gasteiger partial charge in [0.2, 0.25) is 0 Å². The Labute approximate surface area is 172 Å². The van der Waals surface area contributed by atoms with Crippen LogP contribution in [0.4, 0.5) is 0 Å². The zero-order valence-electron chi connectivity index (χ0n) is 17.5. The Kier molecular flexibility index (Phi) is 5.54. The summed E-state index contributed by atoms with van der Waals surface area (Å²) in [7, 11) is 0. The summed E-state index contributed by atoms with van der Waals surface area (Å²) in [5.74, 6) is 1.65. The standard InChI is InChI=1S/C23H30N4O2/c1-15(18-7-5-4-6-8-18)9-10-26-11-19-13-27(14-20(19)12-26)22(28)21-16(2)24-23(29)25-17(21)3/h4-8,15,19-20H,9-14H2,1-3H3,(H,24,25,29)/t15-,19?,20?/m0/s1. The van der Waals surface area contributed by atoms with Crippen LogP contribution in [0.15, 0.2) is 35.1 Å². The number of aromatic nitrogens is 2. The van der Waals surface area contributed by atoms with Gasteiger partial charge in [-0.15, -0.1) is 0 Å². The van der Waals surface area contributed by atoms with Crippen molar-refractivity contribution in [3.05, 3.63) is 63.3 Å². The lowest BCUT2D eigenvalue weighted by Crippen LogP contribution is -2.35. The van der Waals surface area contributed by atoms with E-state index in [1.165, 1.54) is 5.56 Å². The monoisotopic (exact) mass is 394 g/mol. The molecule has 29 heavy (non-hydrogen) atoms. The number of fused-ring (bicyclic) bond motifs is 1. The number of nitrogens with one attached hydrogen (secondary N) is 1. The highest BCUT2D eigenvalue weighted by molar-refractivity contribution is 5.96. The molecule has 0 radical (unpaired) electrons. The topological polar surface area (TPSA) is 69.3 Å². The third-order valence-corrected chi connectivity index (χ3v) is 6.61. The van der Waals surface area contributed by atoms with E-state index in [0.717, 1.165) is 39.1 Å². The van der Waals surface area contributed by atoms with Gasteiger partial charge in [0.1, 0.15) is 0 Å². The van der Waals surface area contributed by atoms with Crippen LogP contribution >= 0.6 is 0 Å².